The normalized spacial score (nSPS) is 11.1. The first-order valence-electron chi connectivity index (χ1n) is 6.87. The van der Waals surface area contributed by atoms with E-state index in [0.29, 0.717) is 11.2 Å². The minimum atomic E-state index is -0.0726. The van der Waals surface area contributed by atoms with Crippen LogP contribution >= 0.6 is 22.7 Å². The third-order valence-corrected chi connectivity index (χ3v) is 5.44. The van der Waals surface area contributed by atoms with Gasteiger partial charge in [0.15, 0.2) is 0 Å². The van der Waals surface area contributed by atoms with Crippen LogP contribution in [-0.4, -0.2) is 9.97 Å². The third-order valence-electron chi connectivity index (χ3n) is 3.55. The number of rotatable bonds is 2. The number of aromatic nitrogens is 2. The van der Waals surface area contributed by atoms with Gasteiger partial charge >= 0.3 is 0 Å². The van der Waals surface area contributed by atoms with Crippen molar-refractivity contribution in [3.8, 4) is 21.8 Å². The Balaban J connectivity index is 2.01. The molecule has 0 atom stereocenters. The highest BCUT2D eigenvalue weighted by Crippen LogP contribution is 2.38. The highest BCUT2D eigenvalue weighted by atomic mass is 32.1. The van der Waals surface area contributed by atoms with Crippen LogP contribution in [0.25, 0.3) is 32.0 Å². The standard InChI is InChI=1S/C17H12N2OS2/c1-10-13(12-8-5-9-21-12)14-16(20)18-15(19-17(14)22-10)11-6-3-2-4-7-11/h2-9H,1H3,(H,18,19,20). The van der Waals surface area contributed by atoms with Gasteiger partial charge in [0.25, 0.3) is 5.56 Å². The summed E-state index contributed by atoms with van der Waals surface area (Å²) >= 11 is 3.22. The van der Waals surface area contributed by atoms with Gasteiger partial charge in [-0.3, -0.25) is 4.79 Å². The lowest BCUT2D eigenvalue weighted by Gasteiger charge is -2.01. The molecule has 0 fully saturated rings. The lowest BCUT2D eigenvalue weighted by molar-refractivity contribution is 1.19. The van der Waals surface area contributed by atoms with Gasteiger partial charge < -0.3 is 4.98 Å². The van der Waals surface area contributed by atoms with E-state index >= 15 is 0 Å². The Bertz CT molecular complexity index is 999. The molecule has 4 rings (SSSR count). The quantitative estimate of drug-likeness (QED) is 0.581. The lowest BCUT2D eigenvalue weighted by atomic mass is 10.1. The van der Waals surface area contributed by atoms with Crippen LogP contribution in [0, 0.1) is 6.92 Å². The monoisotopic (exact) mass is 324 g/mol. The van der Waals surface area contributed by atoms with E-state index < -0.39 is 0 Å². The maximum atomic E-state index is 12.6. The Morgan fingerprint density at radius 2 is 1.91 bits per heavy atom. The molecule has 0 unspecified atom stereocenters. The van der Waals surface area contributed by atoms with E-state index in [1.165, 1.54) is 0 Å². The molecule has 3 aromatic heterocycles. The highest BCUT2D eigenvalue weighted by Gasteiger charge is 2.17. The van der Waals surface area contributed by atoms with Crippen LogP contribution in [-0.2, 0) is 0 Å². The molecule has 0 aliphatic carbocycles. The lowest BCUT2D eigenvalue weighted by Crippen LogP contribution is -2.08. The molecule has 3 nitrogen and oxygen atoms in total. The van der Waals surface area contributed by atoms with E-state index in [9.17, 15) is 4.79 Å². The molecule has 4 aromatic rings. The molecule has 0 aliphatic heterocycles. The van der Waals surface area contributed by atoms with Crippen LogP contribution in [0.1, 0.15) is 4.88 Å². The van der Waals surface area contributed by atoms with Crippen LogP contribution in [0.3, 0.4) is 0 Å². The van der Waals surface area contributed by atoms with E-state index in [-0.39, 0.29) is 5.56 Å². The molecule has 0 aliphatic rings. The van der Waals surface area contributed by atoms with E-state index in [1.807, 2.05) is 54.8 Å². The Kier molecular flexibility index (Phi) is 3.17. The highest BCUT2D eigenvalue weighted by molar-refractivity contribution is 7.20. The SMILES string of the molecule is Cc1sc2nc(-c3ccccc3)[nH]c(=O)c2c1-c1cccs1. The molecule has 5 heteroatoms. The van der Waals surface area contributed by atoms with Crippen molar-refractivity contribution in [1.29, 1.82) is 0 Å². The molecule has 22 heavy (non-hydrogen) atoms. The second kappa shape index (κ2) is 5.19. The van der Waals surface area contributed by atoms with E-state index in [4.69, 9.17) is 0 Å². The first-order valence-corrected chi connectivity index (χ1v) is 8.56. The summed E-state index contributed by atoms with van der Waals surface area (Å²) in [5.41, 5.74) is 1.87. The molecule has 0 saturated heterocycles. The summed E-state index contributed by atoms with van der Waals surface area (Å²) in [5.74, 6) is 0.622. The van der Waals surface area contributed by atoms with Crippen LogP contribution in [0.2, 0.25) is 0 Å². The van der Waals surface area contributed by atoms with Gasteiger partial charge in [-0.25, -0.2) is 4.98 Å². The second-order valence-electron chi connectivity index (χ2n) is 4.97. The zero-order valence-electron chi connectivity index (χ0n) is 11.8. The topological polar surface area (TPSA) is 45.8 Å². The molecule has 0 spiro atoms. The van der Waals surface area contributed by atoms with E-state index in [0.717, 1.165) is 25.7 Å². The number of aryl methyl sites for hydroxylation is 1. The van der Waals surface area contributed by atoms with Crippen molar-refractivity contribution in [2.45, 2.75) is 6.92 Å². The second-order valence-corrected chi connectivity index (χ2v) is 7.12. The van der Waals surface area contributed by atoms with Gasteiger partial charge in [0.2, 0.25) is 0 Å². The number of H-pyrrole nitrogens is 1. The van der Waals surface area contributed by atoms with Gasteiger partial charge in [-0.1, -0.05) is 36.4 Å². The predicted molar refractivity (Wildman–Crippen MR) is 93.7 cm³/mol. The predicted octanol–water partition coefficient (Wildman–Crippen LogP) is 4.69. The number of nitrogens with one attached hydrogen (secondary N) is 1. The largest absolute Gasteiger partial charge is 0.306 e. The molecule has 0 amide bonds. The number of nitrogens with zero attached hydrogens (tertiary/aromatic N) is 1. The molecular weight excluding hydrogens is 312 g/mol. The minimum absolute atomic E-state index is 0.0726. The number of fused-ring (bicyclic) bond motifs is 1. The van der Waals surface area contributed by atoms with Crippen LogP contribution in [0.5, 0.6) is 0 Å². The molecular formula is C17H12N2OS2. The Morgan fingerprint density at radius 1 is 1.09 bits per heavy atom. The van der Waals surface area contributed by atoms with Crippen molar-refractivity contribution < 1.29 is 0 Å². The van der Waals surface area contributed by atoms with Crippen LogP contribution in [0.4, 0.5) is 0 Å². The number of benzene rings is 1. The van der Waals surface area contributed by atoms with Gasteiger partial charge in [-0.2, -0.15) is 0 Å². The average Bonchev–Trinajstić information content (AvgIpc) is 3.14. The Labute approximate surface area is 134 Å². The molecule has 3 heterocycles. The van der Waals surface area contributed by atoms with E-state index in [2.05, 4.69) is 9.97 Å². The van der Waals surface area contributed by atoms with Gasteiger partial charge in [0.1, 0.15) is 10.7 Å². The fourth-order valence-electron chi connectivity index (χ4n) is 2.57. The number of aromatic amines is 1. The molecule has 0 saturated carbocycles. The molecule has 108 valence electrons. The zero-order chi connectivity index (χ0) is 15.1. The van der Waals surface area contributed by atoms with Crippen molar-refractivity contribution in [3.05, 3.63) is 63.1 Å². The van der Waals surface area contributed by atoms with E-state index in [1.54, 1.807) is 22.7 Å². The average molecular weight is 324 g/mol. The molecule has 0 bridgehead atoms. The Hall–Kier alpha value is -2.24. The summed E-state index contributed by atoms with van der Waals surface area (Å²) in [5, 5.41) is 2.72. The van der Waals surface area contributed by atoms with Gasteiger partial charge in [0, 0.05) is 20.9 Å². The Morgan fingerprint density at radius 3 is 2.64 bits per heavy atom. The van der Waals surface area contributed by atoms with Crippen LogP contribution < -0.4 is 5.56 Å². The fourth-order valence-corrected chi connectivity index (χ4v) is 4.51. The fraction of sp³-hybridized carbons (Fsp3) is 0.0588. The summed E-state index contributed by atoms with van der Waals surface area (Å²) in [4.78, 5) is 23.2. The summed E-state index contributed by atoms with van der Waals surface area (Å²) in [6.45, 7) is 2.04. The first-order chi connectivity index (χ1) is 10.7. The van der Waals surface area contributed by atoms with Crippen molar-refractivity contribution >= 4 is 32.9 Å². The summed E-state index contributed by atoms with van der Waals surface area (Å²) in [6.07, 6.45) is 0. The van der Waals surface area contributed by atoms with Crippen LogP contribution in [0.15, 0.2) is 52.6 Å². The number of hydrogen-bond donors (Lipinski definition) is 1. The molecule has 1 aromatic carbocycles. The number of hydrogen-bond acceptors (Lipinski definition) is 4. The zero-order valence-corrected chi connectivity index (χ0v) is 13.4. The van der Waals surface area contributed by atoms with Gasteiger partial charge in [-0.05, 0) is 18.4 Å². The summed E-state index contributed by atoms with van der Waals surface area (Å²) < 4.78 is 0. The van der Waals surface area contributed by atoms with Gasteiger partial charge in [-0.15, -0.1) is 22.7 Å². The van der Waals surface area contributed by atoms with Crippen molar-refractivity contribution in [1.82, 2.24) is 9.97 Å². The van der Waals surface area contributed by atoms with Gasteiger partial charge in [0.05, 0.1) is 5.39 Å². The molecule has 0 radical (unpaired) electrons. The summed E-state index contributed by atoms with van der Waals surface area (Å²) in [6, 6.07) is 13.8. The maximum absolute atomic E-state index is 12.6. The summed E-state index contributed by atoms with van der Waals surface area (Å²) in [7, 11) is 0. The maximum Gasteiger partial charge on any atom is 0.260 e. The minimum Gasteiger partial charge on any atom is -0.306 e. The first kappa shape index (κ1) is 13.4. The number of thiophene rings is 2. The third kappa shape index (κ3) is 2.10. The smallest absolute Gasteiger partial charge is 0.260 e. The van der Waals surface area contributed by atoms with Crippen molar-refractivity contribution in [2.75, 3.05) is 0 Å². The molecule has 1 N–H and O–H groups in total. The van der Waals surface area contributed by atoms with Crippen molar-refractivity contribution in [2.24, 2.45) is 0 Å². The van der Waals surface area contributed by atoms with Crippen molar-refractivity contribution in [3.63, 3.8) is 0 Å².